The van der Waals surface area contributed by atoms with Crippen LogP contribution in [0.1, 0.15) is 16.7 Å². The Morgan fingerprint density at radius 3 is 2.50 bits per heavy atom. The van der Waals surface area contributed by atoms with Crippen LogP contribution in [0.2, 0.25) is 0 Å². The largest absolute Gasteiger partial charge is 0.487 e. The molecule has 4 nitrogen and oxygen atoms in total. The Morgan fingerprint density at radius 2 is 1.81 bits per heavy atom. The number of pyridine rings is 1. The van der Waals surface area contributed by atoms with Crippen molar-refractivity contribution in [3.63, 3.8) is 0 Å². The van der Waals surface area contributed by atoms with Gasteiger partial charge in [-0.05, 0) is 36.2 Å². The molecule has 26 heavy (non-hydrogen) atoms. The summed E-state index contributed by atoms with van der Waals surface area (Å²) in [4.78, 5) is 3.99. The van der Waals surface area contributed by atoms with Crippen LogP contribution in [-0.4, -0.2) is 16.7 Å². The van der Waals surface area contributed by atoms with Crippen LogP contribution in [0.3, 0.4) is 0 Å². The molecule has 3 aromatic rings. The zero-order chi connectivity index (χ0) is 18.6. The maximum absolute atomic E-state index is 8.87. The summed E-state index contributed by atoms with van der Waals surface area (Å²) in [6.07, 6.45) is 4.18. The van der Waals surface area contributed by atoms with Gasteiger partial charge in [0.25, 0.3) is 0 Å². The second kappa shape index (κ2) is 11.0. The highest BCUT2D eigenvalue weighted by molar-refractivity contribution is 9.10. The van der Waals surface area contributed by atoms with Crippen LogP contribution in [0.5, 0.6) is 5.75 Å². The number of halogens is 1. The van der Waals surface area contributed by atoms with Gasteiger partial charge in [-0.3, -0.25) is 4.98 Å². The highest BCUT2D eigenvalue weighted by Crippen LogP contribution is 2.18. The molecule has 5 heteroatoms. The van der Waals surface area contributed by atoms with Crippen molar-refractivity contribution in [3.8, 4) is 11.8 Å². The smallest absolute Gasteiger partial charge is 0.137 e. The lowest BCUT2D eigenvalue weighted by atomic mass is 10.2. The van der Waals surface area contributed by atoms with Crippen molar-refractivity contribution >= 4 is 15.9 Å². The number of aromatic nitrogens is 1. The number of aliphatic hydroxyl groups excluding tert-OH is 1. The summed E-state index contributed by atoms with van der Waals surface area (Å²) in [6, 6.07) is 21.0. The van der Waals surface area contributed by atoms with E-state index in [4.69, 9.17) is 15.1 Å². The molecule has 1 N–H and O–H groups in total. The summed E-state index contributed by atoms with van der Waals surface area (Å²) in [5, 5.41) is 17.5. The fourth-order valence-corrected chi connectivity index (χ4v) is 2.63. The molecule has 0 amide bonds. The van der Waals surface area contributed by atoms with Crippen LogP contribution in [-0.2, 0) is 13.0 Å². The van der Waals surface area contributed by atoms with Crippen LogP contribution in [0.25, 0.3) is 0 Å². The molecule has 0 radical (unpaired) electrons. The van der Waals surface area contributed by atoms with Crippen molar-refractivity contribution in [2.75, 3.05) is 6.61 Å². The summed E-state index contributed by atoms with van der Waals surface area (Å²) in [5.74, 6) is 0.605. The number of hydrogen-bond donors (Lipinski definition) is 1. The molecule has 0 saturated heterocycles. The van der Waals surface area contributed by atoms with E-state index in [1.54, 1.807) is 24.5 Å². The Kier molecular flexibility index (Phi) is 8.34. The highest BCUT2D eigenvalue weighted by Gasteiger charge is 2.01. The van der Waals surface area contributed by atoms with Crippen molar-refractivity contribution in [1.82, 2.24) is 4.98 Å². The maximum atomic E-state index is 8.87. The van der Waals surface area contributed by atoms with Gasteiger partial charge >= 0.3 is 0 Å². The quantitative estimate of drug-likeness (QED) is 0.671. The van der Waals surface area contributed by atoms with Gasteiger partial charge in [-0.25, -0.2) is 0 Å². The number of para-hydroxylation sites is 1. The van der Waals surface area contributed by atoms with Gasteiger partial charge in [-0.15, -0.1) is 0 Å². The zero-order valence-corrected chi connectivity index (χ0v) is 15.8. The van der Waals surface area contributed by atoms with Gasteiger partial charge in [0, 0.05) is 29.0 Å². The van der Waals surface area contributed by atoms with E-state index >= 15 is 0 Å². The second-order valence-corrected chi connectivity index (χ2v) is 6.18. The van der Waals surface area contributed by atoms with Crippen LogP contribution >= 0.6 is 15.9 Å². The molecule has 1 heterocycles. The molecule has 0 saturated carbocycles. The number of benzene rings is 2. The molecule has 0 aliphatic carbocycles. The monoisotopic (exact) mass is 410 g/mol. The first-order valence-electron chi connectivity index (χ1n) is 8.09. The lowest BCUT2D eigenvalue weighted by Crippen LogP contribution is -1.97. The number of ether oxygens (including phenoxy) is 1. The van der Waals surface area contributed by atoms with Gasteiger partial charge in [0.2, 0.25) is 0 Å². The van der Waals surface area contributed by atoms with Gasteiger partial charge < -0.3 is 9.84 Å². The fraction of sp³-hybridized carbons (Fsp3) is 0.143. The predicted octanol–water partition coefficient (Wildman–Crippen LogP) is 4.52. The van der Waals surface area contributed by atoms with Crippen molar-refractivity contribution in [2.24, 2.45) is 0 Å². The summed E-state index contributed by atoms with van der Waals surface area (Å²) in [5.41, 5.74) is 2.69. The minimum atomic E-state index is 0.211. The lowest BCUT2D eigenvalue weighted by molar-refractivity contribution is 0.299. The molecular weight excluding hydrogens is 392 g/mol. The summed E-state index contributed by atoms with van der Waals surface area (Å²) < 4.78 is 6.62. The highest BCUT2D eigenvalue weighted by atomic mass is 79.9. The van der Waals surface area contributed by atoms with Gasteiger partial charge in [-0.2, -0.15) is 5.26 Å². The molecule has 2 aromatic carbocycles. The lowest BCUT2D eigenvalue weighted by Gasteiger charge is -2.06. The average molecular weight is 411 g/mol. The molecule has 0 bridgehead atoms. The first kappa shape index (κ1) is 19.6. The summed E-state index contributed by atoms with van der Waals surface area (Å²) in [6.45, 7) is 0.634. The number of hydrogen-bond acceptors (Lipinski definition) is 4. The van der Waals surface area contributed by atoms with Gasteiger partial charge in [-0.1, -0.05) is 52.3 Å². The van der Waals surface area contributed by atoms with Crippen molar-refractivity contribution in [1.29, 1.82) is 5.26 Å². The van der Waals surface area contributed by atoms with E-state index in [0.717, 1.165) is 22.0 Å². The molecule has 1 aromatic heterocycles. The van der Waals surface area contributed by atoms with Crippen molar-refractivity contribution in [3.05, 3.63) is 94.2 Å². The summed E-state index contributed by atoms with van der Waals surface area (Å²) >= 11 is 3.39. The average Bonchev–Trinajstić information content (AvgIpc) is 2.70. The Balaban J connectivity index is 0.000000209. The van der Waals surface area contributed by atoms with E-state index in [0.29, 0.717) is 17.9 Å². The molecule has 0 unspecified atom stereocenters. The van der Waals surface area contributed by atoms with Crippen molar-refractivity contribution in [2.45, 2.75) is 13.0 Å². The van der Waals surface area contributed by atoms with Crippen LogP contribution in [0.4, 0.5) is 0 Å². The van der Waals surface area contributed by atoms with E-state index in [-0.39, 0.29) is 6.61 Å². The molecule has 0 aliphatic rings. The summed E-state index contributed by atoms with van der Waals surface area (Å²) in [7, 11) is 0. The van der Waals surface area contributed by atoms with Crippen molar-refractivity contribution < 1.29 is 9.84 Å². The normalized spacial score (nSPS) is 9.58. The molecule has 132 valence electrons. The second-order valence-electron chi connectivity index (χ2n) is 5.32. The van der Waals surface area contributed by atoms with Gasteiger partial charge in [0.05, 0.1) is 5.56 Å². The first-order chi connectivity index (χ1) is 12.7. The van der Waals surface area contributed by atoms with E-state index in [1.165, 1.54) is 0 Å². The number of nitrogens with zero attached hydrogens (tertiary/aromatic N) is 2. The molecule has 0 aliphatic heterocycles. The SMILES string of the molecule is N#Cc1ccccc1OCc1cccnc1.OCCc1ccccc1Br. The minimum absolute atomic E-state index is 0.211. The van der Waals surface area contributed by atoms with E-state index < -0.39 is 0 Å². The Labute approximate surface area is 161 Å². The Hall–Kier alpha value is -2.68. The minimum Gasteiger partial charge on any atom is -0.487 e. The molecule has 3 rings (SSSR count). The third-order valence-electron chi connectivity index (χ3n) is 3.46. The fourth-order valence-electron chi connectivity index (χ4n) is 2.15. The van der Waals surface area contributed by atoms with Crippen LogP contribution in [0.15, 0.2) is 77.5 Å². The standard InChI is InChI=1S/C13H10N2O.C8H9BrO/c14-8-12-5-1-2-6-13(12)16-10-11-4-3-7-15-9-11;9-8-4-2-1-3-7(8)5-6-10/h1-7,9H,10H2;1-4,10H,5-6H2. The molecule has 0 atom stereocenters. The van der Waals surface area contributed by atoms with Gasteiger partial charge in [0.1, 0.15) is 18.4 Å². The molecule has 0 spiro atoms. The van der Waals surface area contributed by atoms with E-state index in [2.05, 4.69) is 27.0 Å². The van der Waals surface area contributed by atoms with E-state index in [9.17, 15) is 0 Å². The number of rotatable bonds is 5. The molecule has 0 fully saturated rings. The number of nitriles is 1. The topological polar surface area (TPSA) is 66.1 Å². The maximum Gasteiger partial charge on any atom is 0.137 e. The van der Waals surface area contributed by atoms with Crippen LogP contribution < -0.4 is 4.74 Å². The number of aliphatic hydroxyl groups is 1. The molecular formula is C21H19BrN2O2. The zero-order valence-electron chi connectivity index (χ0n) is 14.2. The van der Waals surface area contributed by atoms with Gasteiger partial charge in [0.15, 0.2) is 0 Å². The Bertz CT molecular complexity index is 848. The van der Waals surface area contributed by atoms with E-state index in [1.807, 2.05) is 48.5 Å². The predicted molar refractivity (Wildman–Crippen MR) is 105 cm³/mol. The van der Waals surface area contributed by atoms with Crippen LogP contribution in [0, 0.1) is 11.3 Å². The third kappa shape index (κ3) is 6.32. The Morgan fingerprint density at radius 1 is 1.04 bits per heavy atom. The first-order valence-corrected chi connectivity index (χ1v) is 8.89. The third-order valence-corrected chi connectivity index (χ3v) is 4.24.